The molecule has 0 fully saturated rings. The molecule has 0 aliphatic carbocycles. The van der Waals surface area contributed by atoms with Crippen LogP contribution >= 0.6 is 0 Å². The van der Waals surface area contributed by atoms with E-state index in [-0.39, 0.29) is 5.97 Å². The highest BCUT2D eigenvalue weighted by molar-refractivity contribution is 5.71. The van der Waals surface area contributed by atoms with Gasteiger partial charge in [0.15, 0.2) is 0 Å². The van der Waals surface area contributed by atoms with Crippen LogP contribution in [0.3, 0.4) is 0 Å². The van der Waals surface area contributed by atoms with E-state index in [1.807, 2.05) is 23.7 Å². The zero-order valence-electron chi connectivity index (χ0n) is 10.9. The molecule has 0 spiro atoms. The first-order valence-corrected chi connectivity index (χ1v) is 5.97. The maximum atomic E-state index is 11.2. The Bertz CT molecular complexity index is 358. The summed E-state index contributed by atoms with van der Waals surface area (Å²) < 4.78 is 12.2. The third kappa shape index (κ3) is 4.23. The molecule has 17 heavy (non-hydrogen) atoms. The lowest BCUT2D eigenvalue weighted by atomic mass is 10.3. The lowest BCUT2D eigenvalue weighted by molar-refractivity contribution is -0.139. The first-order valence-electron chi connectivity index (χ1n) is 5.97. The molecule has 1 heterocycles. The van der Waals surface area contributed by atoms with Crippen molar-refractivity contribution in [3.8, 4) is 0 Å². The Kier molecular flexibility index (Phi) is 5.77. The summed E-state index contributed by atoms with van der Waals surface area (Å²) in [5.41, 5.74) is 2.03. The number of aromatic nitrogens is 1. The number of nitrogens with zero attached hydrogens (tertiary/aromatic N) is 1. The van der Waals surface area contributed by atoms with E-state index >= 15 is 0 Å². The number of unbranched alkanes of at least 4 members (excludes halogenated alkanes) is 1. The second-order valence-corrected chi connectivity index (χ2v) is 4.03. The van der Waals surface area contributed by atoms with E-state index in [9.17, 15) is 4.79 Å². The highest BCUT2D eigenvalue weighted by Crippen LogP contribution is 2.10. The van der Waals surface area contributed by atoms with Crippen molar-refractivity contribution in [1.82, 2.24) is 4.57 Å². The van der Waals surface area contributed by atoms with Gasteiger partial charge in [-0.05, 0) is 18.6 Å². The summed E-state index contributed by atoms with van der Waals surface area (Å²) in [6, 6.07) is 3.93. The van der Waals surface area contributed by atoms with Gasteiger partial charge in [0.1, 0.15) is 0 Å². The van der Waals surface area contributed by atoms with Gasteiger partial charge in [-0.3, -0.25) is 4.79 Å². The van der Waals surface area contributed by atoms with Crippen LogP contribution in [0, 0.1) is 0 Å². The molecule has 1 rings (SSSR count). The van der Waals surface area contributed by atoms with Crippen LogP contribution in [0.15, 0.2) is 12.1 Å². The molecule has 0 bridgehead atoms. The molecule has 4 nitrogen and oxygen atoms in total. The van der Waals surface area contributed by atoms with Crippen LogP contribution in [0.1, 0.15) is 31.2 Å². The van der Waals surface area contributed by atoms with Gasteiger partial charge in [0, 0.05) is 25.0 Å². The van der Waals surface area contributed by atoms with Gasteiger partial charge >= 0.3 is 5.97 Å². The second kappa shape index (κ2) is 7.12. The van der Waals surface area contributed by atoms with Gasteiger partial charge < -0.3 is 14.0 Å². The van der Waals surface area contributed by atoms with E-state index in [1.165, 1.54) is 7.11 Å². The monoisotopic (exact) mass is 239 g/mol. The van der Waals surface area contributed by atoms with Crippen molar-refractivity contribution < 1.29 is 14.3 Å². The van der Waals surface area contributed by atoms with Crippen molar-refractivity contribution in [3.05, 3.63) is 23.5 Å². The first kappa shape index (κ1) is 13.8. The molecule has 0 aromatic carbocycles. The summed E-state index contributed by atoms with van der Waals surface area (Å²) in [6.07, 6.45) is 2.53. The molecule has 0 saturated heterocycles. The van der Waals surface area contributed by atoms with Crippen molar-refractivity contribution >= 4 is 5.97 Å². The van der Waals surface area contributed by atoms with E-state index in [0.717, 1.165) is 30.8 Å². The smallest absolute Gasteiger partial charge is 0.311 e. The number of hydrogen-bond acceptors (Lipinski definition) is 3. The maximum Gasteiger partial charge on any atom is 0.311 e. The minimum absolute atomic E-state index is 0.218. The van der Waals surface area contributed by atoms with Crippen LogP contribution < -0.4 is 0 Å². The Morgan fingerprint density at radius 2 is 2.06 bits per heavy atom. The molecule has 0 atom stereocenters. The predicted octanol–water partition coefficient (Wildman–Crippen LogP) is 2.06. The third-order valence-electron chi connectivity index (χ3n) is 2.78. The maximum absolute atomic E-state index is 11.2. The van der Waals surface area contributed by atoms with E-state index in [0.29, 0.717) is 13.0 Å². The fourth-order valence-electron chi connectivity index (χ4n) is 1.57. The molecule has 0 aliphatic heterocycles. The molecular formula is C13H21NO3. The Labute approximate surface area is 103 Å². The van der Waals surface area contributed by atoms with Crippen LogP contribution in [-0.2, 0) is 34.3 Å². The lowest BCUT2D eigenvalue weighted by Gasteiger charge is -2.07. The summed E-state index contributed by atoms with van der Waals surface area (Å²) >= 11 is 0. The molecule has 0 N–H and O–H groups in total. The second-order valence-electron chi connectivity index (χ2n) is 4.03. The van der Waals surface area contributed by atoms with Crippen LogP contribution in [0.5, 0.6) is 0 Å². The third-order valence-corrected chi connectivity index (χ3v) is 2.78. The standard InChI is InChI=1S/C13H21NO3/c1-4-5-8-17-10-12-7-6-11(14(12)2)9-13(15)16-3/h6-7H,4-5,8-10H2,1-3H3. The number of methoxy groups -OCH3 is 1. The molecule has 4 heteroatoms. The van der Waals surface area contributed by atoms with Crippen LogP contribution in [0.4, 0.5) is 0 Å². The van der Waals surface area contributed by atoms with Gasteiger partial charge in [-0.1, -0.05) is 13.3 Å². The minimum atomic E-state index is -0.218. The first-order chi connectivity index (χ1) is 8.19. The summed E-state index contributed by atoms with van der Waals surface area (Å²) in [5.74, 6) is -0.218. The topological polar surface area (TPSA) is 40.5 Å². The van der Waals surface area contributed by atoms with Gasteiger partial charge in [-0.25, -0.2) is 0 Å². The number of esters is 1. The quantitative estimate of drug-likeness (QED) is 0.540. The van der Waals surface area contributed by atoms with Gasteiger partial charge in [0.25, 0.3) is 0 Å². The zero-order valence-corrected chi connectivity index (χ0v) is 10.9. The number of carbonyl (C=O) groups excluding carboxylic acids is 1. The summed E-state index contributed by atoms with van der Waals surface area (Å²) in [4.78, 5) is 11.2. The van der Waals surface area contributed by atoms with Gasteiger partial charge in [-0.2, -0.15) is 0 Å². The van der Waals surface area contributed by atoms with Crippen molar-refractivity contribution in [1.29, 1.82) is 0 Å². The molecule has 0 saturated carbocycles. The van der Waals surface area contributed by atoms with E-state index < -0.39 is 0 Å². The fourth-order valence-corrected chi connectivity index (χ4v) is 1.57. The number of carbonyl (C=O) groups is 1. The molecule has 0 aliphatic rings. The Hall–Kier alpha value is -1.29. The minimum Gasteiger partial charge on any atom is -0.469 e. The van der Waals surface area contributed by atoms with Crippen LogP contribution in [0.25, 0.3) is 0 Å². The molecule has 0 unspecified atom stereocenters. The summed E-state index contributed by atoms with van der Waals surface area (Å²) in [6.45, 7) is 3.52. The predicted molar refractivity (Wildman–Crippen MR) is 65.7 cm³/mol. The van der Waals surface area contributed by atoms with Crippen molar-refractivity contribution in [3.63, 3.8) is 0 Å². The average molecular weight is 239 g/mol. The number of rotatable bonds is 7. The number of hydrogen-bond donors (Lipinski definition) is 0. The molecule has 1 aromatic heterocycles. The average Bonchev–Trinajstić information content (AvgIpc) is 2.67. The highest BCUT2D eigenvalue weighted by atomic mass is 16.5. The largest absolute Gasteiger partial charge is 0.469 e. The van der Waals surface area contributed by atoms with Crippen molar-refractivity contribution in [2.45, 2.75) is 32.8 Å². The van der Waals surface area contributed by atoms with E-state index in [1.54, 1.807) is 0 Å². The Morgan fingerprint density at radius 3 is 2.71 bits per heavy atom. The summed E-state index contributed by atoms with van der Waals surface area (Å²) in [5, 5.41) is 0. The summed E-state index contributed by atoms with van der Waals surface area (Å²) in [7, 11) is 3.34. The molecule has 0 amide bonds. The Morgan fingerprint density at radius 1 is 1.35 bits per heavy atom. The SMILES string of the molecule is CCCCOCc1ccc(CC(=O)OC)n1C. The van der Waals surface area contributed by atoms with Gasteiger partial charge in [-0.15, -0.1) is 0 Å². The number of ether oxygens (including phenoxy) is 2. The zero-order chi connectivity index (χ0) is 12.7. The van der Waals surface area contributed by atoms with Crippen molar-refractivity contribution in [2.75, 3.05) is 13.7 Å². The molecular weight excluding hydrogens is 218 g/mol. The molecule has 1 aromatic rings. The van der Waals surface area contributed by atoms with Gasteiger partial charge in [0.05, 0.1) is 20.1 Å². The van der Waals surface area contributed by atoms with Gasteiger partial charge in [0.2, 0.25) is 0 Å². The van der Waals surface area contributed by atoms with Crippen molar-refractivity contribution in [2.24, 2.45) is 7.05 Å². The fraction of sp³-hybridized carbons (Fsp3) is 0.615. The molecule has 96 valence electrons. The van der Waals surface area contributed by atoms with E-state index in [2.05, 4.69) is 11.7 Å². The normalized spacial score (nSPS) is 10.5. The van der Waals surface area contributed by atoms with Crippen LogP contribution in [0.2, 0.25) is 0 Å². The Balaban J connectivity index is 2.49. The lowest BCUT2D eigenvalue weighted by Crippen LogP contribution is -2.10. The molecule has 0 radical (unpaired) electrons. The van der Waals surface area contributed by atoms with Crippen LogP contribution in [-0.4, -0.2) is 24.3 Å². The highest BCUT2D eigenvalue weighted by Gasteiger charge is 2.09. The van der Waals surface area contributed by atoms with E-state index in [4.69, 9.17) is 4.74 Å².